The van der Waals surface area contributed by atoms with E-state index in [0.717, 1.165) is 35.2 Å². The standard InChI is InChI=1S/C28H30N2O2/c1-20-8-10-23(11-9-20)19-30(28(32)25-14-15-25)26-16-12-22(13-17-26)18-27(31)29-21(2)24-6-4-3-5-7-24/h3-13,16-17,21,25H,14-15,18-19H2,1-2H3,(H,29,31)/t21-/m0/s1. The number of benzene rings is 3. The zero-order chi connectivity index (χ0) is 22.5. The smallest absolute Gasteiger partial charge is 0.230 e. The molecule has 1 aliphatic carbocycles. The topological polar surface area (TPSA) is 49.4 Å². The highest BCUT2D eigenvalue weighted by molar-refractivity contribution is 5.96. The minimum absolute atomic E-state index is 0.0142. The molecule has 0 radical (unpaired) electrons. The predicted molar refractivity (Wildman–Crippen MR) is 128 cm³/mol. The van der Waals surface area contributed by atoms with Gasteiger partial charge in [-0.25, -0.2) is 0 Å². The van der Waals surface area contributed by atoms with Crippen LogP contribution in [0.2, 0.25) is 0 Å². The van der Waals surface area contributed by atoms with E-state index in [1.807, 2.05) is 66.4 Å². The number of aryl methyl sites for hydroxylation is 1. The Kier molecular flexibility index (Phi) is 6.69. The number of nitrogens with one attached hydrogen (secondary N) is 1. The monoisotopic (exact) mass is 426 g/mol. The molecule has 3 aromatic rings. The van der Waals surface area contributed by atoms with E-state index in [9.17, 15) is 9.59 Å². The molecule has 4 heteroatoms. The second kappa shape index (κ2) is 9.82. The maximum Gasteiger partial charge on any atom is 0.230 e. The largest absolute Gasteiger partial charge is 0.349 e. The van der Waals surface area contributed by atoms with Crippen LogP contribution in [0, 0.1) is 12.8 Å². The molecule has 1 saturated carbocycles. The summed E-state index contributed by atoms with van der Waals surface area (Å²) in [5.41, 5.74) is 5.22. The van der Waals surface area contributed by atoms with Gasteiger partial charge in [0, 0.05) is 11.6 Å². The van der Waals surface area contributed by atoms with Crippen LogP contribution in [-0.4, -0.2) is 11.8 Å². The molecule has 0 heterocycles. The molecule has 3 aromatic carbocycles. The van der Waals surface area contributed by atoms with Gasteiger partial charge in [0.2, 0.25) is 11.8 Å². The van der Waals surface area contributed by atoms with E-state index in [4.69, 9.17) is 0 Å². The highest BCUT2D eigenvalue weighted by atomic mass is 16.2. The van der Waals surface area contributed by atoms with Crippen molar-refractivity contribution in [3.63, 3.8) is 0 Å². The van der Waals surface area contributed by atoms with Gasteiger partial charge in [-0.15, -0.1) is 0 Å². The van der Waals surface area contributed by atoms with E-state index in [1.165, 1.54) is 5.56 Å². The zero-order valence-electron chi connectivity index (χ0n) is 18.8. The Morgan fingerprint density at radius 1 is 0.906 bits per heavy atom. The van der Waals surface area contributed by atoms with Gasteiger partial charge in [-0.2, -0.15) is 0 Å². The van der Waals surface area contributed by atoms with E-state index in [-0.39, 0.29) is 23.8 Å². The number of carbonyl (C=O) groups is 2. The Labute approximate surface area is 190 Å². The summed E-state index contributed by atoms with van der Waals surface area (Å²) < 4.78 is 0. The van der Waals surface area contributed by atoms with Gasteiger partial charge in [0.05, 0.1) is 19.0 Å². The first-order valence-corrected chi connectivity index (χ1v) is 11.3. The van der Waals surface area contributed by atoms with E-state index < -0.39 is 0 Å². The van der Waals surface area contributed by atoms with Crippen molar-refractivity contribution in [3.8, 4) is 0 Å². The van der Waals surface area contributed by atoms with Crippen molar-refractivity contribution in [2.45, 2.75) is 45.7 Å². The molecule has 0 bridgehead atoms. The van der Waals surface area contributed by atoms with Crippen LogP contribution in [0.1, 0.15) is 48.1 Å². The van der Waals surface area contributed by atoms with Crippen LogP contribution >= 0.6 is 0 Å². The first-order valence-electron chi connectivity index (χ1n) is 11.3. The molecule has 0 saturated heterocycles. The number of hydrogen-bond acceptors (Lipinski definition) is 2. The lowest BCUT2D eigenvalue weighted by Crippen LogP contribution is -2.31. The second-order valence-electron chi connectivity index (χ2n) is 8.73. The van der Waals surface area contributed by atoms with E-state index >= 15 is 0 Å². The molecular formula is C28H30N2O2. The van der Waals surface area contributed by atoms with E-state index in [1.54, 1.807) is 0 Å². The lowest BCUT2D eigenvalue weighted by atomic mass is 10.1. The number of nitrogens with zero attached hydrogens (tertiary/aromatic N) is 1. The molecule has 0 unspecified atom stereocenters. The number of hydrogen-bond donors (Lipinski definition) is 1. The average molecular weight is 427 g/mol. The minimum atomic E-state index is -0.0378. The van der Waals surface area contributed by atoms with Crippen LogP contribution < -0.4 is 10.2 Å². The molecule has 4 rings (SSSR count). The minimum Gasteiger partial charge on any atom is -0.349 e. The third kappa shape index (κ3) is 5.64. The fraction of sp³-hybridized carbons (Fsp3) is 0.286. The Morgan fingerprint density at radius 3 is 2.16 bits per heavy atom. The Hall–Kier alpha value is -3.40. The van der Waals surface area contributed by atoms with E-state index in [0.29, 0.717) is 13.0 Å². The number of anilines is 1. The molecule has 32 heavy (non-hydrogen) atoms. The molecule has 0 aromatic heterocycles. The number of rotatable bonds is 8. The summed E-state index contributed by atoms with van der Waals surface area (Å²) in [5, 5.41) is 3.06. The zero-order valence-corrected chi connectivity index (χ0v) is 18.8. The summed E-state index contributed by atoms with van der Waals surface area (Å²) in [6.07, 6.45) is 2.26. The highest BCUT2D eigenvalue weighted by Crippen LogP contribution is 2.33. The van der Waals surface area contributed by atoms with Gasteiger partial charge < -0.3 is 10.2 Å². The van der Waals surface area contributed by atoms with Crippen LogP contribution in [0.15, 0.2) is 78.9 Å². The van der Waals surface area contributed by atoms with Gasteiger partial charge >= 0.3 is 0 Å². The predicted octanol–water partition coefficient (Wildman–Crippen LogP) is 5.36. The van der Waals surface area contributed by atoms with Gasteiger partial charge in [-0.05, 0) is 55.5 Å². The summed E-state index contributed by atoms with van der Waals surface area (Å²) in [5.74, 6) is 0.317. The summed E-state index contributed by atoms with van der Waals surface area (Å²) in [4.78, 5) is 27.4. The molecular weight excluding hydrogens is 396 g/mol. The fourth-order valence-corrected chi connectivity index (χ4v) is 3.82. The van der Waals surface area contributed by atoms with Crippen molar-refractivity contribution in [2.24, 2.45) is 5.92 Å². The van der Waals surface area contributed by atoms with E-state index in [2.05, 4.69) is 36.5 Å². The molecule has 1 N–H and O–H groups in total. The van der Waals surface area contributed by atoms with Crippen molar-refractivity contribution in [1.82, 2.24) is 5.32 Å². The number of amides is 2. The third-order valence-corrected chi connectivity index (χ3v) is 5.94. The van der Waals surface area contributed by atoms with Gasteiger partial charge in [0.25, 0.3) is 0 Å². The first-order chi connectivity index (χ1) is 15.5. The molecule has 4 nitrogen and oxygen atoms in total. The molecule has 1 atom stereocenters. The molecule has 0 spiro atoms. The SMILES string of the molecule is Cc1ccc(CN(C(=O)C2CC2)c2ccc(CC(=O)N[C@@H](C)c3ccccc3)cc2)cc1. The van der Waals surface area contributed by atoms with Crippen molar-refractivity contribution >= 4 is 17.5 Å². The lowest BCUT2D eigenvalue weighted by molar-refractivity contribution is -0.121. The Bertz CT molecular complexity index is 1050. The first kappa shape index (κ1) is 21.8. The molecule has 164 valence electrons. The summed E-state index contributed by atoms with van der Waals surface area (Å²) in [6.45, 7) is 4.61. The number of carbonyl (C=O) groups excluding carboxylic acids is 2. The van der Waals surface area contributed by atoms with Gasteiger partial charge in [0.15, 0.2) is 0 Å². The van der Waals surface area contributed by atoms with Gasteiger partial charge in [0.1, 0.15) is 0 Å². The fourth-order valence-electron chi connectivity index (χ4n) is 3.82. The molecule has 1 aliphatic rings. The van der Waals surface area contributed by atoms with Crippen LogP contribution in [0.25, 0.3) is 0 Å². The Balaban J connectivity index is 1.42. The van der Waals surface area contributed by atoms with Crippen LogP contribution in [-0.2, 0) is 22.6 Å². The van der Waals surface area contributed by atoms with Gasteiger partial charge in [-0.1, -0.05) is 72.3 Å². The van der Waals surface area contributed by atoms with Crippen molar-refractivity contribution in [1.29, 1.82) is 0 Å². The summed E-state index contributed by atoms with van der Waals surface area (Å²) in [7, 11) is 0. The second-order valence-corrected chi connectivity index (χ2v) is 8.73. The molecule has 0 aliphatic heterocycles. The normalized spacial score (nSPS) is 13.9. The molecule has 1 fully saturated rings. The summed E-state index contributed by atoms with van der Waals surface area (Å²) >= 11 is 0. The maximum atomic E-state index is 13.0. The Morgan fingerprint density at radius 2 is 1.53 bits per heavy atom. The van der Waals surface area contributed by atoms with Crippen LogP contribution in [0.5, 0.6) is 0 Å². The van der Waals surface area contributed by atoms with Crippen molar-refractivity contribution in [3.05, 3.63) is 101 Å². The highest BCUT2D eigenvalue weighted by Gasteiger charge is 2.34. The van der Waals surface area contributed by atoms with Crippen molar-refractivity contribution in [2.75, 3.05) is 4.90 Å². The van der Waals surface area contributed by atoms with Gasteiger partial charge in [-0.3, -0.25) is 9.59 Å². The quantitative estimate of drug-likeness (QED) is 0.527. The van der Waals surface area contributed by atoms with Crippen LogP contribution in [0.3, 0.4) is 0 Å². The van der Waals surface area contributed by atoms with Crippen molar-refractivity contribution < 1.29 is 9.59 Å². The maximum absolute atomic E-state index is 13.0. The summed E-state index contributed by atoms with van der Waals surface area (Å²) in [6, 6.07) is 26.0. The average Bonchev–Trinajstić information content (AvgIpc) is 3.65. The third-order valence-electron chi connectivity index (χ3n) is 5.94. The lowest BCUT2D eigenvalue weighted by Gasteiger charge is -2.23. The van der Waals surface area contributed by atoms with Crippen LogP contribution in [0.4, 0.5) is 5.69 Å². The molecule has 2 amide bonds.